The van der Waals surface area contributed by atoms with E-state index in [0.717, 1.165) is 5.69 Å². The van der Waals surface area contributed by atoms with Gasteiger partial charge in [-0.1, -0.05) is 0 Å². The summed E-state index contributed by atoms with van der Waals surface area (Å²) in [5.41, 5.74) is 1.50. The molecule has 7 heteroatoms. The molecule has 0 radical (unpaired) electrons. The molecule has 2 aromatic rings. The number of amides is 1. The van der Waals surface area contributed by atoms with Gasteiger partial charge in [0, 0.05) is 37.6 Å². The highest BCUT2D eigenvalue weighted by molar-refractivity contribution is 5.95. The smallest absolute Gasteiger partial charge is 0.293 e. The fraction of sp³-hybridized carbons (Fsp3) is 0.214. The van der Waals surface area contributed by atoms with Crippen molar-refractivity contribution in [3.05, 3.63) is 57.9 Å². The van der Waals surface area contributed by atoms with Crippen molar-refractivity contribution in [2.75, 3.05) is 19.0 Å². The number of aromatic nitrogens is 1. The Bertz CT molecular complexity index is 650. The lowest BCUT2D eigenvalue weighted by Crippen LogP contribution is -2.23. The first-order chi connectivity index (χ1) is 9.99. The molecule has 21 heavy (non-hydrogen) atoms. The number of H-pyrrole nitrogens is 1. The number of hydrogen-bond acceptors (Lipinski definition) is 4. The van der Waals surface area contributed by atoms with E-state index in [1.54, 1.807) is 37.3 Å². The number of carbonyl (C=O) groups is 1. The van der Waals surface area contributed by atoms with Gasteiger partial charge >= 0.3 is 0 Å². The molecule has 0 saturated heterocycles. The van der Waals surface area contributed by atoms with Gasteiger partial charge in [-0.2, -0.15) is 0 Å². The van der Waals surface area contributed by atoms with Crippen LogP contribution in [0.5, 0.6) is 0 Å². The molecule has 1 aromatic carbocycles. The van der Waals surface area contributed by atoms with Crippen molar-refractivity contribution in [2.45, 2.75) is 6.54 Å². The number of aromatic amines is 1. The van der Waals surface area contributed by atoms with Gasteiger partial charge in [0.05, 0.1) is 11.5 Å². The van der Waals surface area contributed by atoms with Crippen molar-refractivity contribution in [2.24, 2.45) is 0 Å². The molecule has 0 aliphatic heterocycles. The molecule has 1 amide bonds. The summed E-state index contributed by atoms with van der Waals surface area (Å²) in [4.78, 5) is 27.2. The monoisotopic (exact) mass is 288 g/mol. The largest absolute Gasteiger partial charge is 0.372 e. The Morgan fingerprint density at radius 1 is 1.38 bits per heavy atom. The fourth-order valence-corrected chi connectivity index (χ4v) is 1.94. The zero-order valence-electron chi connectivity index (χ0n) is 11.8. The summed E-state index contributed by atoms with van der Waals surface area (Å²) in [7, 11) is 3.43. The predicted molar refractivity (Wildman–Crippen MR) is 79.4 cm³/mol. The van der Waals surface area contributed by atoms with Gasteiger partial charge < -0.3 is 15.2 Å². The molecule has 1 aromatic heterocycles. The Labute approximate surface area is 121 Å². The van der Waals surface area contributed by atoms with Gasteiger partial charge in [0.1, 0.15) is 5.69 Å². The van der Waals surface area contributed by atoms with E-state index < -0.39 is 4.92 Å². The molecule has 0 saturated carbocycles. The lowest BCUT2D eigenvalue weighted by Gasteiger charge is -2.13. The Morgan fingerprint density at radius 2 is 2.14 bits per heavy atom. The summed E-state index contributed by atoms with van der Waals surface area (Å²) >= 11 is 0. The molecule has 0 aliphatic rings. The second-order valence-corrected chi connectivity index (χ2v) is 4.73. The van der Waals surface area contributed by atoms with Crippen LogP contribution in [0.15, 0.2) is 36.5 Å². The van der Waals surface area contributed by atoms with E-state index in [0.29, 0.717) is 12.2 Å². The van der Waals surface area contributed by atoms with Crippen molar-refractivity contribution in [1.29, 1.82) is 0 Å². The van der Waals surface area contributed by atoms with Crippen LogP contribution < -0.4 is 10.2 Å². The zero-order chi connectivity index (χ0) is 15.4. The Balaban J connectivity index is 2.17. The van der Waals surface area contributed by atoms with Crippen LogP contribution in [-0.4, -0.2) is 29.9 Å². The molecule has 2 N–H and O–H groups in total. The van der Waals surface area contributed by atoms with E-state index in [4.69, 9.17) is 0 Å². The molecule has 7 nitrogen and oxygen atoms in total. The van der Waals surface area contributed by atoms with Crippen molar-refractivity contribution in [3.63, 3.8) is 0 Å². The van der Waals surface area contributed by atoms with E-state index in [9.17, 15) is 14.9 Å². The third-order valence-corrected chi connectivity index (χ3v) is 3.02. The van der Waals surface area contributed by atoms with Crippen LogP contribution in [-0.2, 0) is 6.54 Å². The number of nitro groups is 1. The second kappa shape index (κ2) is 6.08. The average molecular weight is 288 g/mol. The maximum absolute atomic E-state index is 12.0. The molecule has 0 unspecified atom stereocenters. The van der Waals surface area contributed by atoms with Gasteiger partial charge in [0.2, 0.25) is 0 Å². The molecule has 0 spiro atoms. The number of nitrogens with zero attached hydrogens (tertiary/aromatic N) is 2. The van der Waals surface area contributed by atoms with Gasteiger partial charge in [-0.3, -0.25) is 14.9 Å². The first kappa shape index (κ1) is 14.6. The topological polar surface area (TPSA) is 91.3 Å². The minimum Gasteiger partial charge on any atom is -0.372 e. The molecular formula is C14H16N4O3. The van der Waals surface area contributed by atoms with Crippen molar-refractivity contribution in [1.82, 2.24) is 10.3 Å². The van der Waals surface area contributed by atoms with Gasteiger partial charge in [0.25, 0.3) is 11.6 Å². The standard InChI is InChI=1S/C14H16N4O3/c1-17(2)12-6-5-10(8-13(12)18(20)21)14(19)16-9-11-4-3-7-15-11/h3-8,15H,9H2,1-2H3,(H,16,19). The first-order valence-corrected chi connectivity index (χ1v) is 6.35. The fourth-order valence-electron chi connectivity index (χ4n) is 1.94. The molecule has 0 fully saturated rings. The molecule has 110 valence electrons. The van der Waals surface area contributed by atoms with Crippen LogP contribution in [0.25, 0.3) is 0 Å². The number of hydrogen-bond donors (Lipinski definition) is 2. The average Bonchev–Trinajstić information content (AvgIpc) is 2.97. The summed E-state index contributed by atoms with van der Waals surface area (Å²) in [6.45, 7) is 0.342. The minimum atomic E-state index is -0.489. The molecule has 1 heterocycles. The third-order valence-electron chi connectivity index (χ3n) is 3.02. The number of rotatable bonds is 5. The highest BCUT2D eigenvalue weighted by atomic mass is 16.6. The minimum absolute atomic E-state index is 0.0903. The Hall–Kier alpha value is -2.83. The van der Waals surface area contributed by atoms with Crippen molar-refractivity contribution >= 4 is 17.3 Å². The molecule has 0 bridgehead atoms. The van der Waals surface area contributed by atoms with Crippen LogP contribution in [0.1, 0.15) is 16.1 Å². The van der Waals surface area contributed by atoms with E-state index in [-0.39, 0.29) is 17.2 Å². The number of carbonyl (C=O) groups excluding carboxylic acids is 1. The number of anilines is 1. The van der Waals surface area contributed by atoms with Crippen molar-refractivity contribution < 1.29 is 9.72 Å². The van der Waals surface area contributed by atoms with Crippen LogP contribution in [0.3, 0.4) is 0 Å². The lowest BCUT2D eigenvalue weighted by molar-refractivity contribution is -0.384. The SMILES string of the molecule is CN(C)c1ccc(C(=O)NCc2ccc[nH]2)cc1[N+](=O)[O-]. The summed E-state index contributed by atoms with van der Waals surface area (Å²) < 4.78 is 0. The lowest BCUT2D eigenvalue weighted by atomic mass is 10.1. The number of nitrogens with one attached hydrogen (secondary N) is 2. The van der Waals surface area contributed by atoms with Gasteiger partial charge in [-0.05, 0) is 24.3 Å². The maximum atomic E-state index is 12.0. The number of benzene rings is 1. The quantitative estimate of drug-likeness (QED) is 0.649. The van der Waals surface area contributed by atoms with Gasteiger partial charge in [-0.25, -0.2) is 0 Å². The molecule has 0 atom stereocenters. The summed E-state index contributed by atoms with van der Waals surface area (Å²) in [5.74, 6) is -0.349. The third kappa shape index (κ3) is 3.38. The first-order valence-electron chi connectivity index (χ1n) is 6.35. The normalized spacial score (nSPS) is 10.2. The van der Waals surface area contributed by atoms with Crippen LogP contribution in [0, 0.1) is 10.1 Å². The van der Waals surface area contributed by atoms with Crippen molar-refractivity contribution in [3.8, 4) is 0 Å². The Kier molecular flexibility index (Phi) is 4.22. The van der Waals surface area contributed by atoms with E-state index >= 15 is 0 Å². The van der Waals surface area contributed by atoms with Crippen LogP contribution >= 0.6 is 0 Å². The van der Waals surface area contributed by atoms with E-state index in [1.165, 1.54) is 6.07 Å². The van der Waals surface area contributed by atoms with Gasteiger partial charge in [0.15, 0.2) is 0 Å². The van der Waals surface area contributed by atoms with Crippen LogP contribution in [0.4, 0.5) is 11.4 Å². The second-order valence-electron chi connectivity index (χ2n) is 4.73. The predicted octanol–water partition coefficient (Wildman–Crippen LogP) is 1.92. The van der Waals surface area contributed by atoms with E-state index in [1.807, 2.05) is 12.1 Å². The van der Waals surface area contributed by atoms with Gasteiger partial charge in [-0.15, -0.1) is 0 Å². The summed E-state index contributed by atoms with van der Waals surface area (Å²) in [6.07, 6.45) is 1.76. The van der Waals surface area contributed by atoms with E-state index in [2.05, 4.69) is 10.3 Å². The Morgan fingerprint density at radius 3 is 2.71 bits per heavy atom. The molecule has 2 rings (SSSR count). The maximum Gasteiger partial charge on any atom is 0.293 e. The summed E-state index contributed by atoms with van der Waals surface area (Å²) in [6, 6.07) is 8.11. The van der Waals surface area contributed by atoms with Crippen LogP contribution in [0.2, 0.25) is 0 Å². The highest BCUT2D eigenvalue weighted by Gasteiger charge is 2.18. The highest BCUT2D eigenvalue weighted by Crippen LogP contribution is 2.27. The molecule has 0 aliphatic carbocycles. The zero-order valence-corrected chi connectivity index (χ0v) is 11.8. The molecular weight excluding hydrogens is 272 g/mol. The number of nitro benzene ring substituents is 1. The summed E-state index contributed by atoms with van der Waals surface area (Å²) in [5, 5.41) is 13.8.